The normalized spacial score (nSPS) is 22.0. The molecule has 1 amide bonds. The standard InChI is InChI=1S/C32H36N6O2/c1-3-28(40)38-18-32(19-38)10-12-37(17-32)27-14-22(36-11-4-5-23(39)16-36)13-24(25(27)15-33)29-20(2)6-9-26-30(29)31(35-34-26)21-7-8-21/h3,6,9,13-14,21,23,39H,1,4-5,7-8,10-12,16-19H2,2H3,(H,34,35). The summed E-state index contributed by atoms with van der Waals surface area (Å²) in [7, 11) is 0. The average Bonchev–Trinajstić information content (AvgIpc) is 3.53. The molecule has 4 aliphatic rings. The highest BCUT2D eigenvalue weighted by molar-refractivity contribution is 6.02. The highest BCUT2D eigenvalue weighted by Crippen LogP contribution is 2.48. The van der Waals surface area contributed by atoms with Crippen molar-refractivity contribution in [2.45, 2.75) is 51.0 Å². The van der Waals surface area contributed by atoms with Crippen molar-refractivity contribution < 1.29 is 9.90 Å². The number of aliphatic hydroxyl groups excluding tert-OH is 1. The number of β-amino-alcohol motifs (C(OH)–C–C–N with tert-alkyl or cyclic N) is 1. The number of aryl methyl sites for hydroxylation is 1. The summed E-state index contributed by atoms with van der Waals surface area (Å²) in [5.74, 6) is 0.485. The molecule has 3 aliphatic heterocycles. The van der Waals surface area contributed by atoms with E-state index in [9.17, 15) is 15.2 Å². The van der Waals surface area contributed by atoms with Crippen molar-refractivity contribution in [2.75, 3.05) is 49.1 Å². The van der Waals surface area contributed by atoms with Gasteiger partial charge in [-0.25, -0.2) is 0 Å². The number of rotatable bonds is 5. The van der Waals surface area contributed by atoms with E-state index in [2.05, 4.69) is 63.8 Å². The molecule has 1 unspecified atom stereocenters. The number of amides is 1. The summed E-state index contributed by atoms with van der Waals surface area (Å²) in [4.78, 5) is 18.6. The summed E-state index contributed by atoms with van der Waals surface area (Å²) >= 11 is 0. The molecule has 40 heavy (non-hydrogen) atoms. The molecule has 3 aromatic rings. The predicted molar refractivity (Wildman–Crippen MR) is 156 cm³/mol. The number of anilines is 2. The summed E-state index contributed by atoms with van der Waals surface area (Å²) < 4.78 is 0. The van der Waals surface area contributed by atoms with Gasteiger partial charge in [0.05, 0.1) is 22.9 Å². The minimum absolute atomic E-state index is 0.00937. The molecule has 1 aromatic heterocycles. The van der Waals surface area contributed by atoms with Crippen LogP contribution in [0.25, 0.3) is 22.0 Å². The van der Waals surface area contributed by atoms with E-state index in [4.69, 9.17) is 0 Å². The molecule has 8 heteroatoms. The molecule has 2 N–H and O–H groups in total. The van der Waals surface area contributed by atoms with Crippen LogP contribution in [0, 0.1) is 23.7 Å². The molecule has 1 aliphatic carbocycles. The highest BCUT2D eigenvalue weighted by atomic mass is 16.3. The maximum atomic E-state index is 12.1. The van der Waals surface area contributed by atoms with Crippen LogP contribution in [0.5, 0.6) is 0 Å². The van der Waals surface area contributed by atoms with Crippen molar-refractivity contribution in [3.05, 3.63) is 53.7 Å². The Morgan fingerprint density at radius 3 is 2.75 bits per heavy atom. The zero-order valence-corrected chi connectivity index (χ0v) is 23.1. The molecule has 206 valence electrons. The van der Waals surface area contributed by atoms with E-state index < -0.39 is 0 Å². The number of carbonyl (C=O) groups is 1. The number of piperidine rings is 1. The Morgan fingerprint density at radius 2 is 2.02 bits per heavy atom. The maximum absolute atomic E-state index is 12.1. The summed E-state index contributed by atoms with van der Waals surface area (Å²) in [6.45, 7) is 10.4. The van der Waals surface area contributed by atoms with Gasteiger partial charge in [-0.3, -0.25) is 9.89 Å². The van der Waals surface area contributed by atoms with Crippen molar-refractivity contribution in [1.29, 1.82) is 5.26 Å². The van der Waals surface area contributed by atoms with Crippen LogP contribution in [0.1, 0.15) is 54.8 Å². The van der Waals surface area contributed by atoms with E-state index in [1.165, 1.54) is 11.8 Å². The number of benzene rings is 2. The van der Waals surface area contributed by atoms with E-state index in [0.29, 0.717) is 18.0 Å². The summed E-state index contributed by atoms with van der Waals surface area (Å²) in [6.07, 6.45) is 6.11. The molecule has 3 saturated heterocycles. The van der Waals surface area contributed by atoms with Gasteiger partial charge < -0.3 is 19.8 Å². The van der Waals surface area contributed by atoms with Crippen molar-refractivity contribution >= 4 is 28.2 Å². The Balaban J connectivity index is 1.36. The first-order valence-corrected chi connectivity index (χ1v) is 14.5. The van der Waals surface area contributed by atoms with Crippen LogP contribution in [0.15, 0.2) is 36.9 Å². The van der Waals surface area contributed by atoms with Crippen LogP contribution in [-0.2, 0) is 4.79 Å². The van der Waals surface area contributed by atoms with E-state index in [-0.39, 0.29) is 17.4 Å². The fourth-order valence-electron chi connectivity index (χ4n) is 7.25. The first-order chi connectivity index (χ1) is 19.4. The van der Waals surface area contributed by atoms with E-state index in [1.807, 2.05) is 4.90 Å². The third-order valence-corrected chi connectivity index (χ3v) is 9.51. The van der Waals surface area contributed by atoms with Gasteiger partial charge >= 0.3 is 0 Å². The van der Waals surface area contributed by atoms with Crippen LogP contribution in [-0.4, -0.2) is 71.5 Å². The lowest BCUT2D eigenvalue weighted by Gasteiger charge is -2.47. The quantitative estimate of drug-likeness (QED) is 0.467. The van der Waals surface area contributed by atoms with Crippen molar-refractivity contribution in [1.82, 2.24) is 15.1 Å². The van der Waals surface area contributed by atoms with Crippen molar-refractivity contribution in [2.24, 2.45) is 5.41 Å². The van der Waals surface area contributed by atoms with E-state index >= 15 is 0 Å². The van der Waals surface area contributed by atoms with Gasteiger partial charge in [0.15, 0.2) is 0 Å². The fourth-order valence-corrected chi connectivity index (χ4v) is 7.25. The monoisotopic (exact) mass is 536 g/mol. The number of H-pyrrole nitrogens is 1. The SMILES string of the molecule is C=CC(=O)N1CC2(CCN(c3cc(N4CCCC(O)C4)cc(-c4c(C)ccc5n[nH]c(C6CC6)c45)c3C#N)C2)C1. The number of aliphatic hydroxyl groups is 1. The summed E-state index contributed by atoms with van der Waals surface area (Å²) in [6, 6.07) is 11.1. The van der Waals surface area contributed by atoms with Gasteiger partial charge in [-0.05, 0) is 74.4 Å². The third-order valence-electron chi connectivity index (χ3n) is 9.51. The van der Waals surface area contributed by atoms with Crippen LogP contribution in [0.2, 0.25) is 0 Å². The number of fused-ring (bicyclic) bond motifs is 1. The minimum atomic E-state index is -0.352. The Hall–Kier alpha value is -3.83. The Morgan fingerprint density at radius 1 is 1.20 bits per heavy atom. The molecule has 1 spiro atoms. The molecule has 0 bridgehead atoms. The number of likely N-dealkylation sites (tertiary alicyclic amines) is 1. The average molecular weight is 537 g/mol. The zero-order valence-electron chi connectivity index (χ0n) is 23.1. The molecular weight excluding hydrogens is 500 g/mol. The Kier molecular flexibility index (Phi) is 5.90. The summed E-state index contributed by atoms with van der Waals surface area (Å²) in [5.41, 5.74) is 8.03. The van der Waals surface area contributed by atoms with E-state index in [1.54, 1.807) is 0 Å². The smallest absolute Gasteiger partial charge is 0.245 e. The highest BCUT2D eigenvalue weighted by Gasteiger charge is 2.49. The van der Waals surface area contributed by atoms with Crippen LogP contribution < -0.4 is 9.80 Å². The number of nitrogens with one attached hydrogen (secondary N) is 1. The number of aromatic amines is 1. The maximum Gasteiger partial charge on any atom is 0.245 e. The molecule has 2 aromatic carbocycles. The van der Waals surface area contributed by atoms with Gasteiger partial charge in [-0.15, -0.1) is 0 Å². The fraction of sp³-hybridized carbons (Fsp3) is 0.469. The van der Waals surface area contributed by atoms with Gasteiger partial charge in [0.25, 0.3) is 0 Å². The second-order valence-corrected chi connectivity index (χ2v) is 12.4. The molecule has 4 fully saturated rings. The lowest BCUT2D eigenvalue weighted by atomic mass is 9.79. The number of nitriles is 1. The number of hydrogen-bond acceptors (Lipinski definition) is 6. The zero-order chi connectivity index (χ0) is 27.6. The molecule has 7 rings (SSSR count). The van der Waals surface area contributed by atoms with Gasteiger partial charge in [0.2, 0.25) is 5.91 Å². The number of aromatic nitrogens is 2. The lowest BCUT2D eigenvalue weighted by Crippen LogP contribution is -2.59. The lowest BCUT2D eigenvalue weighted by molar-refractivity contribution is -0.136. The Bertz CT molecular complexity index is 1560. The molecule has 4 heterocycles. The second-order valence-electron chi connectivity index (χ2n) is 12.4. The van der Waals surface area contributed by atoms with Crippen LogP contribution >= 0.6 is 0 Å². The van der Waals surface area contributed by atoms with Crippen molar-refractivity contribution in [3.8, 4) is 17.2 Å². The molecular formula is C32H36N6O2. The van der Waals surface area contributed by atoms with Crippen LogP contribution in [0.3, 0.4) is 0 Å². The number of carbonyl (C=O) groups excluding carboxylic acids is 1. The van der Waals surface area contributed by atoms with Gasteiger partial charge in [-0.1, -0.05) is 12.6 Å². The molecule has 1 saturated carbocycles. The molecule has 0 radical (unpaired) electrons. The first kappa shape index (κ1) is 25.2. The third kappa shape index (κ3) is 4.06. The second kappa shape index (κ2) is 9.38. The van der Waals surface area contributed by atoms with Crippen molar-refractivity contribution in [3.63, 3.8) is 0 Å². The van der Waals surface area contributed by atoms with Gasteiger partial charge in [0.1, 0.15) is 6.07 Å². The first-order valence-electron chi connectivity index (χ1n) is 14.5. The van der Waals surface area contributed by atoms with Gasteiger partial charge in [0, 0.05) is 72.9 Å². The largest absolute Gasteiger partial charge is 0.391 e. The predicted octanol–water partition coefficient (Wildman–Crippen LogP) is 4.47. The molecule has 1 atom stereocenters. The van der Waals surface area contributed by atoms with Crippen LogP contribution in [0.4, 0.5) is 11.4 Å². The number of nitrogens with zero attached hydrogens (tertiary/aromatic N) is 5. The Labute approximate surface area is 234 Å². The van der Waals surface area contributed by atoms with Gasteiger partial charge in [-0.2, -0.15) is 10.4 Å². The topological polar surface area (TPSA) is 99.5 Å². The summed E-state index contributed by atoms with van der Waals surface area (Å²) in [5, 5.41) is 30.3. The molecule has 8 nitrogen and oxygen atoms in total. The number of hydrogen-bond donors (Lipinski definition) is 2. The van der Waals surface area contributed by atoms with E-state index in [0.717, 1.165) is 104 Å². The minimum Gasteiger partial charge on any atom is -0.391 e.